The van der Waals surface area contributed by atoms with Crippen molar-refractivity contribution in [1.82, 2.24) is 10.6 Å². The smallest absolute Gasteiger partial charge is 0.407 e. The maximum absolute atomic E-state index is 11.9. The molecular formula is C17H26Br2N2O3. The molecule has 0 aliphatic carbocycles. The summed E-state index contributed by atoms with van der Waals surface area (Å²) in [5, 5.41) is 6.25. The summed E-state index contributed by atoms with van der Waals surface area (Å²) in [5.41, 5.74) is 0.539. The van der Waals surface area contributed by atoms with E-state index in [2.05, 4.69) is 42.5 Å². The number of methoxy groups -OCH3 is 1. The zero-order valence-corrected chi connectivity index (χ0v) is 18.0. The first-order chi connectivity index (χ1) is 11.2. The predicted molar refractivity (Wildman–Crippen MR) is 104 cm³/mol. The molecular weight excluding hydrogens is 440 g/mol. The fourth-order valence-electron chi connectivity index (χ4n) is 2.13. The Morgan fingerprint density at radius 3 is 2.50 bits per heavy atom. The van der Waals surface area contributed by atoms with Gasteiger partial charge in [0.2, 0.25) is 0 Å². The Hall–Kier alpha value is -0.790. The second-order valence-electron chi connectivity index (χ2n) is 6.46. The van der Waals surface area contributed by atoms with Gasteiger partial charge >= 0.3 is 6.09 Å². The van der Waals surface area contributed by atoms with Crippen LogP contribution in [0.4, 0.5) is 4.79 Å². The fraction of sp³-hybridized carbons (Fsp3) is 0.588. The molecule has 1 rings (SSSR count). The van der Waals surface area contributed by atoms with Crippen molar-refractivity contribution in [3.8, 4) is 5.75 Å². The highest BCUT2D eigenvalue weighted by molar-refractivity contribution is 9.11. The molecule has 24 heavy (non-hydrogen) atoms. The van der Waals surface area contributed by atoms with Crippen molar-refractivity contribution in [3.63, 3.8) is 0 Å². The number of amides is 1. The van der Waals surface area contributed by atoms with Crippen LogP contribution in [0.5, 0.6) is 5.75 Å². The van der Waals surface area contributed by atoms with E-state index in [0.29, 0.717) is 13.1 Å². The summed E-state index contributed by atoms with van der Waals surface area (Å²) in [7, 11) is 1.65. The maximum Gasteiger partial charge on any atom is 0.407 e. The van der Waals surface area contributed by atoms with Crippen molar-refractivity contribution >= 4 is 38.0 Å². The lowest BCUT2D eigenvalue weighted by molar-refractivity contribution is 0.0502. The molecule has 0 saturated heterocycles. The van der Waals surface area contributed by atoms with E-state index >= 15 is 0 Å². The Morgan fingerprint density at radius 2 is 1.96 bits per heavy atom. The minimum absolute atomic E-state index is 0.00133. The molecule has 136 valence electrons. The quantitative estimate of drug-likeness (QED) is 0.617. The van der Waals surface area contributed by atoms with Crippen molar-refractivity contribution in [2.45, 2.75) is 52.3 Å². The van der Waals surface area contributed by atoms with Crippen LogP contribution in [0, 0.1) is 0 Å². The summed E-state index contributed by atoms with van der Waals surface area (Å²) in [6, 6.07) is 3.96. The molecule has 0 heterocycles. The third kappa shape index (κ3) is 7.40. The molecule has 1 aromatic rings. The maximum atomic E-state index is 11.9. The Morgan fingerprint density at radius 1 is 1.29 bits per heavy atom. The fourth-order valence-corrected chi connectivity index (χ4v) is 3.60. The zero-order chi connectivity index (χ0) is 18.3. The molecule has 7 heteroatoms. The van der Waals surface area contributed by atoms with Gasteiger partial charge in [-0.05, 0) is 55.3 Å². The summed E-state index contributed by atoms with van der Waals surface area (Å²) >= 11 is 6.98. The standard InChI is InChI=1S/C17H26Br2N2O3/c1-6-13(21-16(22)24-17(2,3)4)10-20-9-11-7-12(18)8-14(19)15(11)23-5/h7-8,13,20H,6,9-10H2,1-5H3,(H,21,22). The Balaban J connectivity index is 2.57. The summed E-state index contributed by atoms with van der Waals surface area (Å²) in [6.45, 7) is 8.85. The van der Waals surface area contributed by atoms with Crippen molar-refractivity contribution in [1.29, 1.82) is 0 Å². The van der Waals surface area contributed by atoms with Gasteiger partial charge in [0.15, 0.2) is 0 Å². The monoisotopic (exact) mass is 464 g/mol. The Bertz CT molecular complexity index is 560. The van der Waals surface area contributed by atoms with Gasteiger partial charge in [-0.15, -0.1) is 0 Å². The van der Waals surface area contributed by atoms with Gasteiger partial charge in [-0.1, -0.05) is 22.9 Å². The molecule has 0 fully saturated rings. The van der Waals surface area contributed by atoms with E-state index in [0.717, 1.165) is 26.7 Å². The number of hydrogen-bond donors (Lipinski definition) is 2. The molecule has 1 aromatic carbocycles. The topological polar surface area (TPSA) is 59.6 Å². The second-order valence-corrected chi connectivity index (χ2v) is 8.23. The third-order valence-corrected chi connectivity index (χ3v) is 4.26. The van der Waals surface area contributed by atoms with Crippen molar-refractivity contribution in [2.24, 2.45) is 0 Å². The number of alkyl carbamates (subject to hydrolysis) is 1. The zero-order valence-electron chi connectivity index (χ0n) is 14.8. The number of rotatable bonds is 7. The Labute approximate surface area is 161 Å². The molecule has 0 bridgehead atoms. The Kier molecular flexibility index (Phi) is 8.53. The number of ether oxygens (including phenoxy) is 2. The van der Waals surface area contributed by atoms with Crippen molar-refractivity contribution in [3.05, 3.63) is 26.6 Å². The number of carbonyl (C=O) groups is 1. The van der Waals surface area contributed by atoms with Gasteiger partial charge in [0, 0.05) is 29.2 Å². The van der Waals surface area contributed by atoms with Gasteiger partial charge in [-0.3, -0.25) is 0 Å². The van der Waals surface area contributed by atoms with Crippen LogP contribution in [-0.4, -0.2) is 31.4 Å². The number of halogens is 2. The third-order valence-electron chi connectivity index (χ3n) is 3.21. The van der Waals surface area contributed by atoms with E-state index in [1.165, 1.54) is 0 Å². The van der Waals surface area contributed by atoms with Gasteiger partial charge in [0.1, 0.15) is 11.4 Å². The molecule has 2 N–H and O–H groups in total. The van der Waals surface area contributed by atoms with Crippen LogP contribution in [0.25, 0.3) is 0 Å². The molecule has 1 amide bonds. The van der Waals surface area contributed by atoms with Crippen LogP contribution in [0.15, 0.2) is 21.1 Å². The lowest BCUT2D eigenvalue weighted by Crippen LogP contribution is -2.43. The van der Waals surface area contributed by atoms with Gasteiger partial charge in [0.25, 0.3) is 0 Å². The van der Waals surface area contributed by atoms with E-state index in [9.17, 15) is 4.79 Å². The molecule has 0 aliphatic heterocycles. The van der Waals surface area contributed by atoms with Gasteiger partial charge in [-0.25, -0.2) is 4.79 Å². The molecule has 1 atom stereocenters. The molecule has 5 nitrogen and oxygen atoms in total. The summed E-state index contributed by atoms with van der Waals surface area (Å²) in [5.74, 6) is 0.804. The van der Waals surface area contributed by atoms with E-state index in [1.807, 2.05) is 39.8 Å². The first-order valence-electron chi connectivity index (χ1n) is 7.88. The first-order valence-corrected chi connectivity index (χ1v) is 9.47. The number of carbonyl (C=O) groups excluding carboxylic acids is 1. The second kappa shape index (κ2) is 9.63. The highest BCUT2D eigenvalue weighted by Gasteiger charge is 2.18. The molecule has 0 spiro atoms. The minimum Gasteiger partial charge on any atom is -0.495 e. The lowest BCUT2D eigenvalue weighted by Gasteiger charge is -2.23. The van der Waals surface area contributed by atoms with E-state index in [1.54, 1.807) is 7.11 Å². The minimum atomic E-state index is -0.494. The predicted octanol–water partition coefficient (Wildman–Crippen LogP) is 4.61. The van der Waals surface area contributed by atoms with E-state index in [-0.39, 0.29) is 12.1 Å². The largest absolute Gasteiger partial charge is 0.495 e. The highest BCUT2D eigenvalue weighted by atomic mass is 79.9. The van der Waals surface area contributed by atoms with Gasteiger partial charge in [-0.2, -0.15) is 0 Å². The summed E-state index contributed by atoms with van der Waals surface area (Å²) in [6.07, 6.45) is 0.421. The average Bonchev–Trinajstić information content (AvgIpc) is 2.43. The molecule has 0 aliphatic rings. The molecule has 1 unspecified atom stereocenters. The van der Waals surface area contributed by atoms with Gasteiger partial charge in [0.05, 0.1) is 11.6 Å². The molecule has 0 radical (unpaired) electrons. The SMILES string of the molecule is CCC(CNCc1cc(Br)cc(Br)c1OC)NC(=O)OC(C)(C)C. The lowest BCUT2D eigenvalue weighted by atomic mass is 10.2. The van der Waals surface area contributed by atoms with E-state index < -0.39 is 5.60 Å². The average molecular weight is 466 g/mol. The van der Waals surface area contributed by atoms with Crippen LogP contribution < -0.4 is 15.4 Å². The van der Waals surface area contributed by atoms with Crippen LogP contribution in [0.2, 0.25) is 0 Å². The van der Waals surface area contributed by atoms with Crippen LogP contribution in [0.1, 0.15) is 39.7 Å². The summed E-state index contributed by atoms with van der Waals surface area (Å²) in [4.78, 5) is 11.9. The number of hydrogen-bond acceptors (Lipinski definition) is 4. The molecule has 0 aromatic heterocycles. The van der Waals surface area contributed by atoms with Crippen molar-refractivity contribution in [2.75, 3.05) is 13.7 Å². The first kappa shape index (κ1) is 21.3. The van der Waals surface area contributed by atoms with Crippen molar-refractivity contribution < 1.29 is 14.3 Å². The van der Waals surface area contributed by atoms with E-state index in [4.69, 9.17) is 9.47 Å². The molecule has 0 saturated carbocycles. The number of nitrogens with one attached hydrogen (secondary N) is 2. The van der Waals surface area contributed by atoms with Crippen LogP contribution >= 0.6 is 31.9 Å². The highest BCUT2D eigenvalue weighted by Crippen LogP contribution is 2.32. The van der Waals surface area contributed by atoms with Gasteiger partial charge < -0.3 is 20.1 Å². The number of benzene rings is 1. The van der Waals surface area contributed by atoms with Crippen LogP contribution in [0.3, 0.4) is 0 Å². The van der Waals surface area contributed by atoms with Crippen LogP contribution in [-0.2, 0) is 11.3 Å². The summed E-state index contributed by atoms with van der Waals surface area (Å²) < 4.78 is 12.6. The normalized spacial score (nSPS) is 12.6.